The molecule has 0 atom stereocenters. The highest BCUT2D eigenvalue weighted by molar-refractivity contribution is 5.73. The molecule has 0 bridgehead atoms. The quantitative estimate of drug-likeness (QED) is 0.467. The van der Waals surface area contributed by atoms with Gasteiger partial charge in [0.15, 0.2) is 17.4 Å². The van der Waals surface area contributed by atoms with E-state index in [1.165, 1.54) is 6.07 Å². The first kappa shape index (κ1) is 26.1. The van der Waals surface area contributed by atoms with E-state index >= 15 is 0 Å². The Morgan fingerprint density at radius 1 is 1.05 bits per heavy atom. The number of hydrogen-bond donors (Lipinski definition) is 1. The highest BCUT2D eigenvalue weighted by Gasteiger charge is 2.26. The van der Waals surface area contributed by atoms with Crippen molar-refractivity contribution in [2.45, 2.75) is 32.7 Å². The minimum Gasteiger partial charge on any atom is -0.486 e. The van der Waals surface area contributed by atoms with Crippen LogP contribution in [0.5, 0.6) is 5.75 Å². The van der Waals surface area contributed by atoms with E-state index in [4.69, 9.17) is 4.74 Å². The highest BCUT2D eigenvalue weighted by Crippen LogP contribution is 2.39. The monoisotopic (exact) mass is 523 g/mol. The predicted molar refractivity (Wildman–Crippen MR) is 146 cm³/mol. The van der Waals surface area contributed by atoms with Gasteiger partial charge in [0.1, 0.15) is 18.1 Å². The van der Waals surface area contributed by atoms with Gasteiger partial charge in [0.2, 0.25) is 5.95 Å². The molecule has 1 fully saturated rings. The lowest BCUT2D eigenvalue weighted by molar-refractivity contribution is 0.285. The van der Waals surface area contributed by atoms with Crippen molar-refractivity contribution in [3.8, 4) is 17.0 Å². The molecule has 0 saturated carbocycles. The normalized spacial score (nSPS) is 16.1. The fourth-order valence-corrected chi connectivity index (χ4v) is 5.26. The molecule has 5 rings (SSSR count). The van der Waals surface area contributed by atoms with E-state index in [1.54, 1.807) is 6.07 Å². The van der Waals surface area contributed by atoms with Crippen LogP contribution in [0.3, 0.4) is 0 Å². The van der Waals surface area contributed by atoms with Crippen LogP contribution in [0.4, 0.5) is 31.9 Å². The van der Waals surface area contributed by atoms with E-state index in [1.807, 2.05) is 37.1 Å². The molecule has 38 heavy (non-hydrogen) atoms. The van der Waals surface area contributed by atoms with Crippen molar-refractivity contribution in [3.05, 3.63) is 48.3 Å². The lowest BCUT2D eigenvalue weighted by Gasteiger charge is -2.34. The molecule has 8 nitrogen and oxygen atoms in total. The van der Waals surface area contributed by atoms with Crippen molar-refractivity contribution in [1.29, 1.82) is 0 Å². The lowest BCUT2D eigenvalue weighted by atomic mass is 9.96. The number of nitrogens with one attached hydrogen (secondary N) is 1. The van der Waals surface area contributed by atoms with Gasteiger partial charge >= 0.3 is 0 Å². The Hall–Kier alpha value is -3.53. The van der Waals surface area contributed by atoms with Gasteiger partial charge in [0.25, 0.3) is 0 Å². The number of piperidine rings is 1. The van der Waals surface area contributed by atoms with Crippen molar-refractivity contribution in [3.63, 3.8) is 0 Å². The summed E-state index contributed by atoms with van der Waals surface area (Å²) in [6.45, 7) is 8.22. The van der Waals surface area contributed by atoms with E-state index in [-0.39, 0.29) is 23.4 Å². The van der Waals surface area contributed by atoms with Gasteiger partial charge in [0, 0.05) is 31.2 Å². The Morgan fingerprint density at radius 2 is 1.84 bits per heavy atom. The van der Waals surface area contributed by atoms with Crippen molar-refractivity contribution >= 4 is 23.1 Å². The van der Waals surface area contributed by atoms with Crippen molar-refractivity contribution in [2.24, 2.45) is 5.92 Å². The van der Waals surface area contributed by atoms with Crippen LogP contribution in [0, 0.1) is 17.6 Å². The maximum atomic E-state index is 15.0. The van der Waals surface area contributed by atoms with Crippen LogP contribution >= 0.6 is 0 Å². The van der Waals surface area contributed by atoms with Crippen LogP contribution in [0.2, 0.25) is 0 Å². The SMILES string of the molecule is CC(C)N1CCOc2c(F)cc(-c3nc(Nc4ccc(N5CCC(CN(C)C)CC5)cn4)ncc3F)cc21. The van der Waals surface area contributed by atoms with Crippen molar-refractivity contribution in [2.75, 3.05) is 62.0 Å². The van der Waals surface area contributed by atoms with Crippen molar-refractivity contribution in [1.82, 2.24) is 19.9 Å². The maximum absolute atomic E-state index is 15.0. The summed E-state index contributed by atoms with van der Waals surface area (Å²) in [5.41, 5.74) is 2.00. The van der Waals surface area contributed by atoms with Gasteiger partial charge in [-0.1, -0.05) is 0 Å². The molecule has 1 N–H and O–H groups in total. The molecule has 0 aliphatic carbocycles. The topological polar surface area (TPSA) is 69.7 Å². The number of pyridine rings is 1. The number of hydrogen-bond acceptors (Lipinski definition) is 8. The molecule has 0 amide bonds. The van der Waals surface area contributed by atoms with E-state index in [2.05, 4.69) is 44.2 Å². The number of nitrogens with zero attached hydrogens (tertiary/aromatic N) is 6. The number of ether oxygens (including phenoxy) is 1. The molecule has 0 radical (unpaired) electrons. The predicted octanol–water partition coefficient (Wildman–Crippen LogP) is 4.95. The zero-order valence-electron chi connectivity index (χ0n) is 22.4. The Balaban J connectivity index is 1.32. The van der Waals surface area contributed by atoms with Crippen LogP contribution in [0.25, 0.3) is 11.3 Å². The molecule has 2 aromatic heterocycles. The average molecular weight is 524 g/mol. The van der Waals surface area contributed by atoms with E-state index in [9.17, 15) is 8.78 Å². The smallest absolute Gasteiger partial charge is 0.229 e. The average Bonchev–Trinajstić information content (AvgIpc) is 2.90. The molecular formula is C28H35F2N7O. The number of fused-ring (bicyclic) bond motifs is 1. The van der Waals surface area contributed by atoms with Crippen LogP contribution in [0.1, 0.15) is 26.7 Å². The first-order valence-electron chi connectivity index (χ1n) is 13.2. The van der Waals surface area contributed by atoms with E-state index in [0.29, 0.717) is 30.2 Å². The third-order valence-corrected chi connectivity index (χ3v) is 7.14. The lowest BCUT2D eigenvalue weighted by Crippen LogP contribution is -2.38. The molecule has 2 aliphatic heterocycles. The molecule has 2 aliphatic rings. The molecule has 202 valence electrons. The number of benzene rings is 1. The van der Waals surface area contributed by atoms with Gasteiger partial charge in [-0.15, -0.1) is 0 Å². The Morgan fingerprint density at radius 3 is 2.53 bits per heavy atom. The molecule has 10 heteroatoms. The molecule has 1 saturated heterocycles. The Labute approximate surface area is 222 Å². The second-order valence-corrected chi connectivity index (χ2v) is 10.6. The summed E-state index contributed by atoms with van der Waals surface area (Å²) in [5, 5.41) is 3.05. The second-order valence-electron chi connectivity index (χ2n) is 10.6. The van der Waals surface area contributed by atoms with Gasteiger partial charge in [-0.25, -0.2) is 23.7 Å². The largest absolute Gasteiger partial charge is 0.486 e. The molecule has 1 aromatic carbocycles. The molecule has 0 spiro atoms. The molecular weight excluding hydrogens is 488 g/mol. The van der Waals surface area contributed by atoms with E-state index in [0.717, 1.165) is 50.3 Å². The minimum absolute atomic E-state index is 0.00990. The minimum atomic E-state index is -0.635. The third-order valence-electron chi connectivity index (χ3n) is 7.14. The van der Waals surface area contributed by atoms with Crippen LogP contribution in [-0.4, -0.2) is 72.8 Å². The number of rotatable bonds is 7. The van der Waals surface area contributed by atoms with Gasteiger partial charge < -0.3 is 24.8 Å². The molecule has 0 unspecified atom stereocenters. The third kappa shape index (κ3) is 5.65. The van der Waals surface area contributed by atoms with Gasteiger partial charge in [0.05, 0.1) is 30.3 Å². The summed E-state index contributed by atoms with van der Waals surface area (Å²) < 4.78 is 35.3. The fraction of sp³-hybridized carbons (Fsp3) is 0.464. The van der Waals surface area contributed by atoms with Crippen LogP contribution < -0.4 is 19.9 Å². The Bertz CT molecular complexity index is 1260. The molecule has 4 heterocycles. The standard InChI is InChI=1S/C28H35F2N7O/c1-18(2)37-11-12-38-27-22(29)13-20(14-24(27)37)26-23(30)16-32-28(34-26)33-25-6-5-21(15-31-25)36-9-7-19(8-10-36)17-35(3)4/h5-6,13-16,18-19H,7-12,17H2,1-4H3,(H,31,32,33,34). The summed E-state index contributed by atoms with van der Waals surface area (Å²) in [6.07, 6.45) is 5.24. The fourth-order valence-electron chi connectivity index (χ4n) is 5.26. The Kier molecular flexibility index (Phi) is 7.60. The summed E-state index contributed by atoms with van der Waals surface area (Å²) >= 11 is 0. The second kappa shape index (κ2) is 11.1. The zero-order valence-corrected chi connectivity index (χ0v) is 22.4. The number of halogens is 2. The summed E-state index contributed by atoms with van der Waals surface area (Å²) in [6, 6.07) is 7.00. The van der Waals surface area contributed by atoms with Crippen LogP contribution in [-0.2, 0) is 0 Å². The first-order valence-corrected chi connectivity index (χ1v) is 13.2. The number of aromatic nitrogens is 3. The zero-order chi connectivity index (χ0) is 26.8. The summed E-state index contributed by atoms with van der Waals surface area (Å²) in [4.78, 5) is 19.6. The first-order chi connectivity index (χ1) is 18.3. The van der Waals surface area contributed by atoms with Gasteiger partial charge in [-0.3, -0.25) is 0 Å². The highest BCUT2D eigenvalue weighted by atomic mass is 19.1. The molecule has 3 aromatic rings. The summed E-state index contributed by atoms with van der Waals surface area (Å²) in [5.74, 6) is 0.463. The van der Waals surface area contributed by atoms with Gasteiger partial charge in [-0.2, -0.15) is 0 Å². The maximum Gasteiger partial charge on any atom is 0.229 e. The van der Waals surface area contributed by atoms with Crippen molar-refractivity contribution < 1.29 is 13.5 Å². The van der Waals surface area contributed by atoms with E-state index < -0.39 is 11.6 Å². The summed E-state index contributed by atoms with van der Waals surface area (Å²) in [7, 11) is 4.24. The van der Waals surface area contributed by atoms with Gasteiger partial charge in [-0.05, 0) is 71.0 Å². The van der Waals surface area contributed by atoms with Crippen LogP contribution in [0.15, 0.2) is 36.7 Å². The number of anilines is 4.